The molecule has 6 nitrogen and oxygen atoms in total. The summed E-state index contributed by atoms with van der Waals surface area (Å²) in [7, 11) is 0. The Bertz CT molecular complexity index is 1780. The van der Waals surface area contributed by atoms with Crippen LogP contribution in [0.25, 0.3) is 0 Å². The number of unbranched alkanes of at least 4 members (excludes halogenated alkanes) is 19. The Hall–Kier alpha value is -4.97. The highest BCUT2D eigenvalue weighted by molar-refractivity contribution is 5.71. The number of carbonyl (C=O) groups excluding carboxylic acids is 3. The molecular weight excluding hydrogens is 973 g/mol. The van der Waals surface area contributed by atoms with Crippen LogP contribution in [-0.2, 0) is 28.6 Å². The lowest BCUT2D eigenvalue weighted by molar-refractivity contribution is -0.167. The first-order valence-corrected chi connectivity index (χ1v) is 32.0. The molecule has 0 saturated carbocycles. The highest BCUT2D eigenvalue weighted by Gasteiger charge is 2.19. The quantitative estimate of drug-likeness (QED) is 0.0261. The lowest BCUT2D eigenvalue weighted by atomic mass is 10.1. The van der Waals surface area contributed by atoms with Crippen LogP contribution in [0.3, 0.4) is 0 Å². The number of esters is 3. The van der Waals surface area contributed by atoms with Crippen molar-refractivity contribution < 1.29 is 28.6 Å². The monoisotopic (exact) mass is 1090 g/mol. The second-order valence-electron chi connectivity index (χ2n) is 20.5. The Morgan fingerprint density at radius 2 is 0.494 bits per heavy atom. The van der Waals surface area contributed by atoms with Crippen molar-refractivity contribution in [3.63, 3.8) is 0 Å². The summed E-state index contributed by atoms with van der Waals surface area (Å²) in [6.45, 7) is 6.34. The minimum absolute atomic E-state index is 0.110. The van der Waals surface area contributed by atoms with Gasteiger partial charge in [0.2, 0.25) is 0 Å². The summed E-state index contributed by atoms with van der Waals surface area (Å²) in [6.07, 6.45) is 95.2. The van der Waals surface area contributed by atoms with Gasteiger partial charge in [-0.05, 0) is 148 Å². The van der Waals surface area contributed by atoms with Crippen molar-refractivity contribution in [1.82, 2.24) is 0 Å². The Balaban J connectivity index is 4.52. The molecule has 0 aliphatic rings. The van der Waals surface area contributed by atoms with E-state index in [1.807, 2.05) is 0 Å². The lowest BCUT2D eigenvalue weighted by Crippen LogP contribution is -2.30. The van der Waals surface area contributed by atoms with Crippen molar-refractivity contribution in [3.05, 3.63) is 158 Å². The van der Waals surface area contributed by atoms with Crippen LogP contribution in [0.5, 0.6) is 0 Å². The summed E-state index contributed by atoms with van der Waals surface area (Å²) >= 11 is 0. The Kier molecular flexibility index (Phi) is 61.4. The molecule has 6 heteroatoms. The molecule has 0 spiro atoms. The van der Waals surface area contributed by atoms with Gasteiger partial charge in [0, 0.05) is 19.3 Å². The molecule has 0 amide bonds. The Morgan fingerprint density at radius 3 is 0.785 bits per heavy atom. The maximum absolute atomic E-state index is 12.9. The van der Waals surface area contributed by atoms with Crippen molar-refractivity contribution >= 4 is 17.9 Å². The SMILES string of the molecule is CC/C=C\C/C=C\C/C=C\C/C=C\C/C=C\C/C=C\C/C=C\CCCCCC(=O)OCC(COC(=O)CCCCCC/C=C\C/C=C\C/C=C\C/C=C\CC)OC(=O)CCCCCCCCCCC/C=C\C/C=C\CCCCC. The van der Waals surface area contributed by atoms with Gasteiger partial charge in [0.05, 0.1) is 0 Å². The highest BCUT2D eigenvalue weighted by atomic mass is 16.6. The van der Waals surface area contributed by atoms with E-state index in [2.05, 4.69) is 179 Å². The van der Waals surface area contributed by atoms with Gasteiger partial charge in [-0.1, -0.05) is 256 Å². The first-order valence-electron chi connectivity index (χ1n) is 32.0. The van der Waals surface area contributed by atoms with Crippen LogP contribution in [0.2, 0.25) is 0 Å². The number of rotatable bonds is 56. The van der Waals surface area contributed by atoms with Crippen LogP contribution in [-0.4, -0.2) is 37.2 Å². The second kappa shape index (κ2) is 65.5. The average molecular weight is 1090 g/mol. The number of ether oxygens (including phenoxy) is 3. The van der Waals surface area contributed by atoms with E-state index in [1.165, 1.54) is 70.6 Å². The fourth-order valence-electron chi connectivity index (χ4n) is 8.27. The number of carbonyl (C=O) groups is 3. The van der Waals surface area contributed by atoms with Gasteiger partial charge in [0.1, 0.15) is 13.2 Å². The van der Waals surface area contributed by atoms with E-state index in [1.54, 1.807) is 0 Å². The summed E-state index contributed by atoms with van der Waals surface area (Å²) in [5.74, 6) is -0.971. The fourth-order valence-corrected chi connectivity index (χ4v) is 8.27. The first kappa shape index (κ1) is 74.0. The minimum atomic E-state index is -0.814. The van der Waals surface area contributed by atoms with E-state index in [-0.39, 0.29) is 31.1 Å². The Labute approximate surface area is 486 Å². The highest BCUT2D eigenvalue weighted by Crippen LogP contribution is 2.14. The van der Waals surface area contributed by atoms with Crippen molar-refractivity contribution in [2.24, 2.45) is 0 Å². The third kappa shape index (κ3) is 63.7. The zero-order valence-electron chi connectivity index (χ0n) is 50.8. The molecular formula is C73H116O6. The maximum Gasteiger partial charge on any atom is 0.306 e. The summed E-state index contributed by atoms with van der Waals surface area (Å²) in [5, 5.41) is 0. The molecule has 0 aromatic carbocycles. The first-order chi connectivity index (χ1) is 39.0. The molecule has 444 valence electrons. The number of hydrogen-bond donors (Lipinski definition) is 0. The molecule has 0 N–H and O–H groups in total. The molecule has 0 saturated heterocycles. The summed E-state index contributed by atoms with van der Waals surface area (Å²) < 4.78 is 16.9. The van der Waals surface area contributed by atoms with Crippen LogP contribution >= 0.6 is 0 Å². The van der Waals surface area contributed by atoms with Crippen LogP contribution < -0.4 is 0 Å². The molecule has 0 heterocycles. The van der Waals surface area contributed by atoms with Crippen LogP contribution in [0.15, 0.2) is 158 Å². The molecule has 1 unspecified atom stereocenters. The van der Waals surface area contributed by atoms with E-state index in [0.29, 0.717) is 19.3 Å². The normalized spacial score (nSPS) is 13.2. The van der Waals surface area contributed by atoms with E-state index >= 15 is 0 Å². The van der Waals surface area contributed by atoms with E-state index in [0.717, 1.165) is 154 Å². The molecule has 0 fully saturated rings. The van der Waals surface area contributed by atoms with E-state index in [4.69, 9.17) is 14.2 Å². The molecule has 1 atom stereocenters. The third-order valence-corrected chi connectivity index (χ3v) is 13.0. The van der Waals surface area contributed by atoms with Gasteiger partial charge in [-0.15, -0.1) is 0 Å². The van der Waals surface area contributed by atoms with Crippen molar-refractivity contribution in [1.29, 1.82) is 0 Å². The zero-order chi connectivity index (χ0) is 57.1. The summed E-state index contributed by atoms with van der Waals surface area (Å²) in [4.78, 5) is 38.4. The number of hydrogen-bond acceptors (Lipinski definition) is 6. The van der Waals surface area contributed by atoms with Crippen molar-refractivity contribution in [2.75, 3.05) is 13.2 Å². The van der Waals surface area contributed by atoms with Gasteiger partial charge < -0.3 is 14.2 Å². The molecule has 79 heavy (non-hydrogen) atoms. The largest absolute Gasteiger partial charge is 0.462 e. The van der Waals surface area contributed by atoms with Gasteiger partial charge in [-0.3, -0.25) is 14.4 Å². The molecule has 0 aromatic heterocycles. The molecule has 0 rings (SSSR count). The van der Waals surface area contributed by atoms with Gasteiger partial charge in [0.25, 0.3) is 0 Å². The molecule has 0 bridgehead atoms. The number of allylic oxidation sites excluding steroid dienone is 26. The topological polar surface area (TPSA) is 78.9 Å². The van der Waals surface area contributed by atoms with Crippen LogP contribution in [0.4, 0.5) is 0 Å². The fraction of sp³-hybridized carbons (Fsp3) is 0.603. The predicted molar refractivity (Wildman–Crippen MR) is 343 cm³/mol. The molecule has 0 aliphatic carbocycles. The van der Waals surface area contributed by atoms with Gasteiger partial charge >= 0.3 is 17.9 Å². The average Bonchev–Trinajstić information content (AvgIpc) is 3.45. The second-order valence-corrected chi connectivity index (χ2v) is 20.5. The van der Waals surface area contributed by atoms with Gasteiger partial charge in [0.15, 0.2) is 6.10 Å². The van der Waals surface area contributed by atoms with Crippen molar-refractivity contribution in [3.8, 4) is 0 Å². The minimum Gasteiger partial charge on any atom is -0.462 e. The van der Waals surface area contributed by atoms with Crippen LogP contribution in [0.1, 0.15) is 265 Å². The molecule has 0 radical (unpaired) electrons. The zero-order valence-corrected chi connectivity index (χ0v) is 50.8. The van der Waals surface area contributed by atoms with Crippen molar-refractivity contribution in [2.45, 2.75) is 271 Å². The van der Waals surface area contributed by atoms with E-state index < -0.39 is 6.10 Å². The molecule has 0 aliphatic heterocycles. The van der Waals surface area contributed by atoms with Gasteiger partial charge in [-0.2, -0.15) is 0 Å². The molecule has 0 aromatic rings. The summed E-state index contributed by atoms with van der Waals surface area (Å²) in [5.41, 5.74) is 0. The maximum atomic E-state index is 12.9. The standard InChI is InChI=1S/C73H116O6/c1-4-7-10-13-16-19-22-25-28-31-33-34-35-36-37-38-40-42-45-48-51-54-57-60-63-66-72(75)78-69-70(68-77-71(74)65-62-59-56-53-50-47-44-41-30-27-24-21-18-15-12-9-6-3)79-73(76)67-64-61-58-55-52-49-46-43-39-32-29-26-23-20-17-14-11-8-5-2/h7,9-10,12,16-21,25-30,33-34,36-37,40,42,44,47-48,51,70H,4-6,8,11,13-15,22-24,31-32,35,38-39,41,43,45-46,49-50,52-69H2,1-3H3/b10-7-,12-9-,19-16-,20-17-,21-18-,28-25-,29-26-,30-27-,34-33-,37-36-,42-40-,47-44-,51-48-. The summed E-state index contributed by atoms with van der Waals surface area (Å²) in [6, 6.07) is 0. The van der Waals surface area contributed by atoms with Gasteiger partial charge in [-0.25, -0.2) is 0 Å². The predicted octanol–water partition coefficient (Wildman–Crippen LogP) is 22.1. The van der Waals surface area contributed by atoms with E-state index in [9.17, 15) is 14.4 Å². The van der Waals surface area contributed by atoms with Crippen LogP contribution in [0, 0.1) is 0 Å². The third-order valence-electron chi connectivity index (χ3n) is 13.0. The smallest absolute Gasteiger partial charge is 0.306 e. The Morgan fingerprint density at radius 1 is 0.266 bits per heavy atom. The lowest BCUT2D eigenvalue weighted by Gasteiger charge is -2.18.